The van der Waals surface area contributed by atoms with Crippen molar-refractivity contribution in [3.8, 4) is 0 Å². The number of allylic oxidation sites excluding steroid dienone is 1. The summed E-state index contributed by atoms with van der Waals surface area (Å²) in [5.74, 6) is 0.0449. The van der Waals surface area contributed by atoms with E-state index in [0.717, 1.165) is 25.9 Å². The number of aliphatic hydroxyl groups is 1. The molecule has 0 aliphatic carbocycles. The van der Waals surface area contributed by atoms with Crippen LogP contribution in [0.1, 0.15) is 23.2 Å². The maximum Gasteiger partial charge on any atom is 0.253 e. The summed E-state index contributed by atoms with van der Waals surface area (Å²) < 4.78 is 0. The molecular weight excluding hydrogens is 300 g/mol. The number of hydrogen-bond acceptors (Lipinski definition) is 3. The van der Waals surface area contributed by atoms with Crippen LogP contribution in [0.3, 0.4) is 0 Å². The van der Waals surface area contributed by atoms with Gasteiger partial charge >= 0.3 is 0 Å². The summed E-state index contributed by atoms with van der Waals surface area (Å²) in [7, 11) is 0. The molecule has 1 fully saturated rings. The highest BCUT2D eigenvalue weighted by Gasteiger charge is 2.23. The van der Waals surface area contributed by atoms with Gasteiger partial charge in [-0.05, 0) is 37.1 Å². The smallest absolute Gasteiger partial charge is 0.253 e. The van der Waals surface area contributed by atoms with Gasteiger partial charge in [-0.2, -0.15) is 0 Å². The number of carbonyl (C=O) groups excluding carboxylic acids is 1. The number of β-amino-alcohol motifs (C(OH)–C–C–N with tert-alkyl or cyclic N) is 1. The van der Waals surface area contributed by atoms with E-state index in [-0.39, 0.29) is 12.0 Å². The van der Waals surface area contributed by atoms with E-state index in [1.165, 1.54) is 0 Å². The Morgan fingerprint density at radius 1 is 1.27 bits per heavy atom. The summed E-state index contributed by atoms with van der Waals surface area (Å²) in [4.78, 5) is 16.4. The lowest BCUT2D eigenvalue weighted by Gasteiger charge is -2.35. The second-order valence-electron chi connectivity index (χ2n) is 5.62. The van der Waals surface area contributed by atoms with Gasteiger partial charge in [0.15, 0.2) is 0 Å². The first-order valence-electron chi connectivity index (χ1n) is 7.66. The zero-order valence-corrected chi connectivity index (χ0v) is 13.5. The Morgan fingerprint density at radius 3 is 2.50 bits per heavy atom. The third kappa shape index (κ3) is 4.83. The molecule has 1 aromatic rings. The number of hydrogen-bond donors (Lipinski definition) is 1. The number of rotatable bonds is 6. The molecule has 0 saturated carbocycles. The average molecular weight is 323 g/mol. The van der Waals surface area contributed by atoms with Crippen LogP contribution < -0.4 is 0 Å². The van der Waals surface area contributed by atoms with E-state index >= 15 is 0 Å². The van der Waals surface area contributed by atoms with Crippen molar-refractivity contribution in [2.24, 2.45) is 0 Å². The van der Waals surface area contributed by atoms with Gasteiger partial charge in [-0.25, -0.2) is 0 Å². The molecule has 1 aromatic carbocycles. The second kappa shape index (κ2) is 8.32. The zero-order valence-electron chi connectivity index (χ0n) is 12.7. The lowest BCUT2D eigenvalue weighted by atomic mass is 10.1. The van der Waals surface area contributed by atoms with Crippen molar-refractivity contribution in [2.75, 3.05) is 32.7 Å². The molecule has 1 atom stereocenters. The monoisotopic (exact) mass is 322 g/mol. The van der Waals surface area contributed by atoms with Crippen LogP contribution in [0.5, 0.6) is 0 Å². The van der Waals surface area contributed by atoms with Gasteiger partial charge in [-0.1, -0.05) is 17.7 Å². The average Bonchev–Trinajstić information content (AvgIpc) is 2.54. The first-order chi connectivity index (χ1) is 10.6. The molecule has 22 heavy (non-hydrogen) atoms. The Balaban J connectivity index is 1.80. The molecule has 5 heteroatoms. The summed E-state index contributed by atoms with van der Waals surface area (Å²) in [6, 6.07) is 6.99. The normalized spacial score (nSPS) is 17.3. The van der Waals surface area contributed by atoms with E-state index in [2.05, 4.69) is 11.5 Å². The molecule has 4 nitrogen and oxygen atoms in total. The molecule has 1 unspecified atom stereocenters. The zero-order chi connectivity index (χ0) is 15.9. The molecule has 2 rings (SSSR count). The van der Waals surface area contributed by atoms with Crippen molar-refractivity contribution >= 4 is 17.5 Å². The van der Waals surface area contributed by atoms with Crippen molar-refractivity contribution < 1.29 is 9.90 Å². The van der Waals surface area contributed by atoms with Crippen molar-refractivity contribution in [2.45, 2.75) is 18.9 Å². The lowest BCUT2D eigenvalue weighted by Crippen LogP contribution is -2.50. The summed E-state index contributed by atoms with van der Waals surface area (Å²) in [6.45, 7) is 7.30. The third-order valence-electron chi connectivity index (χ3n) is 3.92. The number of nitrogens with zero attached hydrogens (tertiary/aromatic N) is 2. The van der Waals surface area contributed by atoms with E-state index in [9.17, 15) is 9.90 Å². The van der Waals surface area contributed by atoms with Crippen molar-refractivity contribution in [3.05, 3.63) is 47.5 Å². The Morgan fingerprint density at radius 2 is 1.91 bits per heavy atom. The topological polar surface area (TPSA) is 43.8 Å². The predicted molar refractivity (Wildman–Crippen MR) is 89.2 cm³/mol. The maximum absolute atomic E-state index is 12.4. The van der Waals surface area contributed by atoms with Gasteiger partial charge in [0.25, 0.3) is 5.91 Å². The number of amides is 1. The second-order valence-corrected chi connectivity index (χ2v) is 6.06. The minimum absolute atomic E-state index is 0.0449. The van der Waals surface area contributed by atoms with Crippen LogP contribution in [0.4, 0.5) is 0 Å². The number of carbonyl (C=O) groups is 1. The minimum atomic E-state index is -0.323. The molecule has 1 N–H and O–H groups in total. The molecule has 0 bridgehead atoms. The van der Waals surface area contributed by atoms with Crippen molar-refractivity contribution in [1.82, 2.24) is 9.80 Å². The van der Waals surface area contributed by atoms with Gasteiger partial charge in [-0.15, -0.1) is 6.58 Å². The van der Waals surface area contributed by atoms with Crippen LogP contribution in [0.15, 0.2) is 36.9 Å². The molecule has 1 saturated heterocycles. The molecule has 120 valence electrons. The van der Waals surface area contributed by atoms with E-state index < -0.39 is 0 Å². The SMILES string of the molecule is C=CCCC(O)CN1CCN(C(=O)c2ccc(Cl)cc2)CC1. The largest absolute Gasteiger partial charge is 0.392 e. The fourth-order valence-electron chi connectivity index (χ4n) is 2.61. The summed E-state index contributed by atoms with van der Waals surface area (Å²) in [6.07, 6.45) is 3.08. The Hall–Kier alpha value is -1.36. The molecule has 0 spiro atoms. The quantitative estimate of drug-likeness (QED) is 0.818. The Bertz CT molecular complexity index is 496. The third-order valence-corrected chi connectivity index (χ3v) is 4.18. The van der Waals surface area contributed by atoms with Crippen LogP contribution in [0.25, 0.3) is 0 Å². The van der Waals surface area contributed by atoms with Crippen LogP contribution >= 0.6 is 11.6 Å². The van der Waals surface area contributed by atoms with E-state index in [0.29, 0.717) is 30.2 Å². The van der Waals surface area contributed by atoms with Crippen LogP contribution in [0, 0.1) is 0 Å². The highest BCUT2D eigenvalue weighted by Crippen LogP contribution is 2.13. The Labute approximate surface area is 137 Å². The summed E-state index contributed by atoms with van der Waals surface area (Å²) in [5, 5.41) is 10.6. The molecule has 0 radical (unpaired) electrons. The Kier molecular flexibility index (Phi) is 6.43. The van der Waals surface area contributed by atoms with Gasteiger partial charge in [0.1, 0.15) is 0 Å². The van der Waals surface area contributed by atoms with Crippen molar-refractivity contribution in [1.29, 1.82) is 0 Å². The summed E-state index contributed by atoms with van der Waals surface area (Å²) >= 11 is 5.84. The van der Waals surface area contributed by atoms with E-state index in [1.807, 2.05) is 11.0 Å². The molecule has 1 aliphatic heterocycles. The van der Waals surface area contributed by atoms with Crippen LogP contribution in [-0.4, -0.2) is 59.6 Å². The number of benzene rings is 1. The van der Waals surface area contributed by atoms with Crippen molar-refractivity contribution in [3.63, 3.8) is 0 Å². The summed E-state index contributed by atoms with van der Waals surface area (Å²) in [5.41, 5.74) is 0.670. The van der Waals surface area contributed by atoms with Gasteiger partial charge in [0.05, 0.1) is 6.10 Å². The highest BCUT2D eigenvalue weighted by molar-refractivity contribution is 6.30. The van der Waals surface area contributed by atoms with Gasteiger partial charge < -0.3 is 10.0 Å². The van der Waals surface area contributed by atoms with Gasteiger partial charge in [-0.3, -0.25) is 9.69 Å². The highest BCUT2D eigenvalue weighted by atomic mass is 35.5. The first kappa shape index (κ1) is 17.0. The fourth-order valence-corrected chi connectivity index (χ4v) is 2.73. The standard InChI is InChI=1S/C17H23ClN2O2/c1-2-3-4-16(21)13-19-9-11-20(12-10-19)17(22)14-5-7-15(18)8-6-14/h2,5-8,16,21H,1,3-4,9-13H2. The number of halogens is 1. The fraction of sp³-hybridized carbons (Fsp3) is 0.471. The van der Waals surface area contributed by atoms with Gasteiger partial charge in [0.2, 0.25) is 0 Å². The molecule has 1 heterocycles. The predicted octanol–water partition coefficient (Wildman–Crippen LogP) is 2.42. The minimum Gasteiger partial charge on any atom is -0.392 e. The molecule has 1 aliphatic rings. The van der Waals surface area contributed by atoms with Crippen LogP contribution in [-0.2, 0) is 0 Å². The molecule has 0 aromatic heterocycles. The number of aliphatic hydroxyl groups excluding tert-OH is 1. The molecule has 1 amide bonds. The van der Waals surface area contributed by atoms with E-state index in [1.54, 1.807) is 24.3 Å². The first-order valence-corrected chi connectivity index (χ1v) is 8.04. The van der Waals surface area contributed by atoms with Gasteiger partial charge in [0, 0.05) is 43.3 Å². The molecular formula is C17H23ClN2O2. The van der Waals surface area contributed by atoms with Crippen LogP contribution in [0.2, 0.25) is 5.02 Å². The lowest BCUT2D eigenvalue weighted by molar-refractivity contribution is 0.0517. The van der Waals surface area contributed by atoms with E-state index in [4.69, 9.17) is 11.6 Å². The number of piperazine rings is 1. The maximum atomic E-state index is 12.4.